The molecule has 2 rings (SSSR count). The SMILES string of the molecule is Cc1c(NN)nc(C(C)(C)C)nc1N1CCC(O)C1. The minimum atomic E-state index is -0.276. The van der Waals surface area contributed by atoms with Gasteiger partial charge in [-0.3, -0.25) is 0 Å². The van der Waals surface area contributed by atoms with E-state index in [1.807, 2.05) is 6.92 Å². The molecule has 1 fully saturated rings. The van der Waals surface area contributed by atoms with Crippen LogP contribution in [0.3, 0.4) is 0 Å². The maximum Gasteiger partial charge on any atom is 0.148 e. The smallest absolute Gasteiger partial charge is 0.148 e. The Balaban J connectivity index is 2.47. The van der Waals surface area contributed by atoms with Gasteiger partial charge in [-0.2, -0.15) is 0 Å². The van der Waals surface area contributed by atoms with E-state index < -0.39 is 0 Å². The first-order valence-corrected chi connectivity index (χ1v) is 6.61. The summed E-state index contributed by atoms with van der Waals surface area (Å²) in [6.07, 6.45) is 0.501. The molecule has 0 aromatic carbocycles. The van der Waals surface area contributed by atoms with Gasteiger partial charge in [0.25, 0.3) is 0 Å². The van der Waals surface area contributed by atoms with Crippen LogP contribution in [0, 0.1) is 6.92 Å². The fourth-order valence-corrected chi connectivity index (χ4v) is 2.22. The molecule has 1 unspecified atom stereocenters. The predicted molar refractivity (Wildman–Crippen MR) is 76.1 cm³/mol. The van der Waals surface area contributed by atoms with Crippen LogP contribution in [0.1, 0.15) is 38.6 Å². The molecule has 1 aliphatic rings. The number of hydrogen-bond acceptors (Lipinski definition) is 6. The van der Waals surface area contributed by atoms with E-state index >= 15 is 0 Å². The summed E-state index contributed by atoms with van der Waals surface area (Å²) >= 11 is 0. The molecule has 0 saturated carbocycles. The van der Waals surface area contributed by atoms with Crippen molar-refractivity contribution in [3.05, 3.63) is 11.4 Å². The molecule has 1 atom stereocenters. The Morgan fingerprint density at radius 1 is 1.37 bits per heavy atom. The molecule has 1 aromatic heterocycles. The van der Waals surface area contributed by atoms with E-state index in [-0.39, 0.29) is 11.5 Å². The minimum Gasteiger partial charge on any atom is -0.391 e. The van der Waals surface area contributed by atoms with Crippen LogP contribution in [0.25, 0.3) is 0 Å². The molecule has 6 nitrogen and oxygen atoms in total. The highest BCUT2D eigenvalue weighted by molar-refractivity contribution is 5.59. The third-order valence-corrected chi connectivity index (χ3v) is 3.39. The molecule has 0 bridgehead atoms. The Morgan fingerprint density at radius 2 is 2.05 bits per heavy atom. The zero-order valence-electron chi connectivity index (χ0n) is 12.1. The number of hydrazine groups is 1. The van der Waals surface area contributed by atoms with E-state index in [4.69, 9.17) is 5.84 Å². The number of nitrogens with two attached hydrogens (primary N) is 1. The number of nitrogens with one attached hydrogen (secondary N) is 1. The summed E-state index contributed by atoms with van der Waals surface area (Å²) in [5.41, 5.74) is 3.42. The Hall–Kier alpha value is -1.40. The maximum atomic E-state index is 9.68. The van der Waals surface area contributed by atoms with Gasteiger partial charge in [0.05, 0.1) is 6.10 Å². The average molecular weight is 265 g/mol. The molecule has 0 aliphatic carbocycles. The Kier molecular flexibility index (Phi) is 3.64. The molecule has 6 heteroatoms. The van der Waals surface area contributed by atoms with Crippen molar-refractivity contribution in [2.24, 2.45) is 5.84 Å². The fourth-order valence-electron chi connectivity index (χ4n) is 2.22. The van der Waals surface area contributed by atoms with Crippen molar-refractivity contribution in [1.82, 2.24) is 9.97 Å². The Morgan fingerprint density at radius 3 is 2.53 bits per heavy atom. The highest BCUT2D eigenvalue weighted by Crippen LogP contribution is 2.29. The van der Waals surface area contributed by atoms with Crippen molar-refractivity contribution in [3.63, 3.8) is 0 Å². The molecule has 19 heavy (non-hydrogen) atoms. The lowest BCUT2D eigenvalue weighted by Crippen LogP contribution is -2.27. The molecule has 1 aromatic rings. The summed E-state index contributed by atoms with van der Waals surface area (Å²) in [6, 6.07) is 0. The number of anilines is 2. The van der Waals surface area contributed by atoms with E-state index in [1.54, 1.807) is 0 Å². The lowest BCUT2D eigenvalue weighted by molar-refractivity contribution is 0.198. The van der Waals surface area contributed by atoms with Crippen LogP contribution >= 0.6 is 0 Å². The van der Waals surface area contributed by atoms with E-state index in [1.165, 1.54) is 0 Å². The molecule has 0 amide bonds. The van der Waals surface area contributed by atoms with Crippen LogP contribution < -0.4 is 16.2 Å². The van der Waals surface area contributed by atoms with Crippen LogP contribution in [-0.2, 0) is 5.41 Å². The van der Waals surface area contributed by atoms with Gasteiger partial charge < -0.3 is 15.4 Å². The van der Waals surface area contributed by atoms with Gasteiger partial charge in [-0.15, -0.1) is 0 Å². The van der Waals surface area contributed by atoms with Crippen molar-refractivity contribution in [1.29, 1.82) is 0 Å². The second-order valence-corrected chi connectivity index (χ2v) is 6.13. The molecule has 2 heterocycles. The normalized spacial score (nSPS) is 19.9. The van der Waals surface area contributed by atoms with Gasteiger partial charge >= 0.3 is 0 Å². The zero-order valence-corrected chi connectivity index (χ0v) is 12.1. The number of β-amino-alcohol motifs (C(OH)–C–C–N with tert-alkyl or cyclic N) is 1. The highest BCUT2D eigenvalue weighted by atomic mass is 16.3. The van der Waals surface area contributed by atoms with Crippen LogP contribution in [0.4, 0.5) is 11.6 Å². The third-order valence-electron chi connectivity index (χ3n) is 3.39. The number of nitrogen functional groups attached to an aromatic ring is 1. The standard InChI is InChI=1S/C13H23N5O/c1-8-10(17-14)15-12(13(2,3)4)16-11(8)18-6-5-9(19)7-18/h9,19H,5-7,14H2,1-4H3,(H,15,16,17). The van der Waals surface area contributed by atoms with Gasteiger partial charge in [-0.1, -0.05) is 20.8 Å². The second-order valence-electron chi connectivity index (χ2n) is 6.13. The van der Waals surface area contributed by atoms with Crippen LogP contribution in [-0.4, -0.2) is 34.3 Å². The summed E-state index contributed by atoms with van der Waals surface area (Å²) in [5.74, 6) is 7.82. The molecular weight excluding hydrogens is 242 g/mol. The van der Waals surface area contributed by atoms with Gasteiger partial charge in [-0.05, 0) is 13.3 Å². The van der Waals surface area contributed by atoms with Gasteiger partial charge in [-0.25, -0.2) is 15.8 Å². The van der Waals surface area contributed by atoms with E-state index in [0.717, 1.165) is 30.2 Å². The van der Waals surface area contributed by atoms with E-state index in [9.17, 15) is 5.11 Å². The minimum absolute atomic E-state index is 0.146. The molecular formula is C13H23N5O. The van der Waals surface area contributed by atoms with Crippen LogP contribution in [0.5, 0.6) is 0 Å². The highest BCUT2D eigenvalue weighted by Gasteiger charge is 2.27. The molecule has 1 aliphatic heterocycles. The molecule has 106 valence electrons. The average Bonchev–Trinajstić information content (AvgIpc) is 2.74. The quantitative estimate of drug-likeness (QED) is 0.545. The monoisotopic (exact) mass is 265 g/mol. The van der Waals surface area contributed by atoms with E-state index in [2.05, 4.69) is 41.1 Å². The largest absolute Gasteiger partial charge is 0.391 e. The number of aliphatic hydroxyl groups excluding tert-OH is 1. The first-order chi connectivity index (χ1) is 8.82. The number of nitrogens with zero attached hydrogens (tertiary/aromatic N) is 3. The molecule has 1 saturated heterocycles. The summed E-state index contributed by atoms with van der Waals surface area (Å²) in [7, 11) is 0. The van der Waals surface area contributed by atoms with Crippen molar-refractivity contribution in [2.45, 2.75) is 45.6 Å². The van der Waals surface area contributed by atoms with Crippen molar-refractivity contribution >= 4 is 11.6 Å². The van der Waals surface area contributed by atoms with Crippen LogP contribution in [0.2, 0.25) is 0 Å². The molecule has 4 N–H and O–H groups in total. The number of hydrogen-bond donors (Lipinski definition) is 3. The lowest BCUT2D eigenvalue weighted by atomic mass is 9.95. The first-order valence-electron chi connectivity index (χ1n) is 6.61. The molecule has 0 spiro atoms. The van der Waals surface area contributed by atoms with Crippen LogP contribution in [0.15, 0.2) is 0 Å². The topological polar surface area (TPSA) is 87.3 Å². The number of rotatable bonds is 2. The first kappa shape index (κ1) is 14.0. The molecule has 0 radical (unpaired) electrons. The summed E-state index contributed by atoms with van der Waals surface area (Å²) in [6.45, 7) is 9.58. The Labute approximate surface area is 114 Å². The van der Waals surface area contributed by atoms with Gasteiger partial charge in [0.2, 0.25) is 0 Å². The third kappa shape index (κ3) is 2.79. The van der Waals surface area contributed by atoms with Crippen molar-refractivity contribution in [2.75, 3.05) is 23.4 Å². The van der Waals surface area contributed by atoms with Gasteiger partial charge in [0, 0.05) is 24.1 Å². The van der Waals surface area contributed by atoms with Gasteiger partial charge in [0.1, 0.15) is 17.5 Å². The number of aromatic nitrogens is 2. The van der Waals surface area contributed by atoms with Gasteiger partial charge in [0.15, 0.2) is 0 Å². The van der Waals surface area contributed by atoms with E-state index in [0.29, 0.717) is 12.4 Å². The predicted octanol–water partition coefficient (Wildman–Crippen LogP) is 0.939. The Bertz CT molecular complexity index is 469. The zero-order chi connectivity index (χ0) is 14.2. The fraction of sp³-hybridized carbons (Fsp3) is 0.692. The number of aliphatic hydroxyl groups is 1. The van der Waals surface area contributed by atoms with Crippen molar-refractivity contribution in [3.8, 4) is 0 Å². The summed E-state index contributed by atoms with van der Waals surface area (Å²) < 4.78 is 0. The van der Waals surface area contributed by atoms with Crippen molar-refractivity contribution < 1.29 is 5.11 Å². The maximum absolute atomic E-state index is 9.68. The summed E-state index contributed by atoms with van der Waals surface area (Å²) in [4.78, 5) is 11.2. The lowest BCUT2D eigenvalue weighted by Gasteiger charge is -2.24. The second kappa shape index (κ2) is 4.94. The summed E-state index contributed by atoms with van der Waals surface area (Å²) in [5, 5.41) is 9.68.